The third-order valence-corrected chi connectivity index (χ3v) is 2.86. The Morgan fingerprint density at radius 1 is 1.12 bits per heavy atom. The van der Waals surface area contributed by atoms with Crippen molar-refractivity contribution in [1.82, 2.24) is 10.6 Å². The van der Waals surface area contributed by atoms with Crippen LogP contribution in [0.4, 0.5) is 4.79 Å². The normalized spacial score (nSPS) is 12.0. The van der Waals surface area contributed by atoms with Gasteiger partial charge in [0.25, 0.3) is 0 Å². The summed E-state index contributed by atoms with van der Waals surface area (Å²) in [6.45, 7) is 7.50. The number of nitrogens with one attached hydrogen (secondary N) is 2. The van der Waals surface area contributed by atoms with Gasteiger partial charge in [-0.15, -0.1) is 0 Å². The molecule has 7 nitrogen and oxygen atoms in total. The zero-order valence-electron chi connectivity index (χ0n) is 14.8. The molecule has 2 N–H and O–H groups in total. The molecule has 0 saturated heterocycles. The minimum atomic E-state index is -0.694. The van der Waals surface area contributed by atoms with Crippen molar-refractivity contribution < 1.29 is 23.8 Å². The topological polar surface area (TPSA) is 85.9 Å². The average Bonchev–Trinajstić information content (AvgIpc) is 2.49. The second-order valence-corrected chi connectivity index (χ2v) is 6.18. The second-order valence-electron chi connectivity index (χ2n) is 6.18. The number of alkyl carbamates (subject to hydrolysis) is 1. The Hall–Kier alpha value is -2.44. The molecule has 24 heavy (non-hydrogen) atoms. The molecule has 0 aromatic heterocycles. The molecular weight excluding hydrogens is 312 g/mol. The van der Waals surface area contributed by atoms with Crippen LogP contribution in [0.1, 0.15) is 27.7 Å². The number of carbonyl (C=O) groups is 2. The molecule has 1 atom stereocenters. The molecule has 1 aromatic rings. The van der Waals surface area contributed by atoms with Gasteiger partial charge in [-0.2, -0.15) is 0 Å². The van der Waals surface area contributed by atoms with E-state index in [4.69, 9.17) is 14.2 Å². The number of hydrogen-bond donors (Lipinski definition) is 2. The van der Waals surface area contributed by atoms with Crippen molar-refractivity contribution in [2.75, 3.05) is 20.3 Å². The molecule has 0 aliphatic carbocycles. The SMILES string of the molecule is COc1ccc(OCCNC(=O)C(C)NC(=O)OC(C)(C)C)cc1. The summed E-state index contributed by atoms with van der Waals surface area (Å²) in [6.07, 6.45) is -0.625. The second kappa shape index (κ2) is 9.00. The monoisotopic (exact) mass is 338 g/mol. The molecule has 0 radical (unpaired) electrons. The Morgan fingerprint density at radius 3 is 2.25 bits per heavy atom. The number of amides is 2. The summed E-state index contributed by atoms with van der Waals surface area (Å²) in [5.74, 6) is 1.13. The zero-order chi connectivity index (χ0) is 18.2. The lowest BCUT2D eigenvalue weighted by Crippen LogP contribution is -2.47. The zero-order valence-corrected chi connectivity index (χ0v) is 14.8. The van der Waals surface area contributed by atoms with Gasteiger partial charge in [0.15, 0.2) is 0 Å². The maximum Gasteiger partial charge on any atom is 0.408 e. The highest BCUT2D eigenvalue weighted by atomic mass is 16.6. The third kappa shape index (κ3) is 7.71. The molecule has 7 heteroatoms. The number of ether oxygens (including phenoxy) is 3. The van der Waals surface area contributed by atoms with Crippen LogP contribution in [0.3, 0.4) is 0 Å². The Bertz CT molecular complexity index is 537. The molecule has 0 aliphatic rings. The quantitative estimate of drug-likeness (QED) is 0.744. The van der Waals surface area contributed by atoms with E-state index in [2.05, 4.69) is 10.6 Å². The molecule has 0 spiro atoms. The molecular formula is C17H26N2O5. The fourth-order valence-corrected chi connectivity index (χ4v) is 1.72. The number of benzene rings is 1. The number of carbonyl (C=O) groups excluding carboxylic acids is 2. The molecule has 1 aromatic carbocycles. The van der Waals surface area contributed by atoms with Crippen molar-refractivity contribution >= 4 is 12.0 Å². The van der Waals surface area contributed by atoms with Crippen LogP contribution in [0.15, 0.2) is 24.3 Å². The maximum absolute atomic E-state index is 11.9. The molecule has 0 saturated carbocycles. The van der Waals surface area contributed by atoms with Crippen LogP contribution in [0.5, 0.6) is 11.5 Å². The molecule has 1 unspecified atom stereocenters. The van der Waals surface area contributed by atoms with E-state index in [1.165, 1.54) is 0 Å². The fraction of sp³-hybridized carbons (Fsp3) is 0.529. The summed E-state index contributed by atoms with van der Waals surface area (Å²) in [7, 11) is 1.60. The van der Waals surface area contributed by atoms with E-state index in [0.29, 0.717) is 18.9 Å². The highest BCUT2D eigenvalue weighted by molar-refractivity contribution is 5.85. The minimum absolute atomic E-state index is 0.306. The van der Waals surface area contributed by atoms with Crippen LogP contribution in [-0.2, 0) is 9.53 Å². The molecule has 0 bridgehead atoms. The Kier molecular flexibility index (Phi) is 7.35. The Labute approximate surface area is 142 Å². The molecule has 0 fully saturated rings. The van der Waals surface area contributed by atoms with Gasteiger partial charge in [0.1, 0.15) is 29.7 Å². The summed E-state index contributed by atoms with van der Waals surface area (Å²) in [4.78, 5) is 23.5. The highest BCUT2D eigenvalue weighted by Gasteiger charge is 2.20. The number of rotatable bonds is 7. The highest BCUT2D eigenvalue weighted by Crippen LogP contribution is 2.16. The van der Waals surface area contributed by atoms with E-state index in [1.807, 2.05) is 0 Å². The Morgan fingerprint density at radius 2 is 1.71 bits per heavy atom. The van der Waals surface area contributed by atoms with E-state index >= 15 is 0 Å². The van der Waals surface area contributed by atoms with E-state index in [-0.39, 0.29) is 5.91 Å². The van der Waals surface area contributed by atoms with Crippen molar-refractivity contribution in [3.63, 3.8) is 0 Å². The van der Waals surface area contributed by atoms with Gasteiger partial charge < -0.3 is 24.8 Å². The van der Waals surface area contributed by atoms with Gasteiger partial charge in [0.05, 0.1) is 13.7 Å². The average molecular weight is 338 g/mol. The predicted molar refractivity (Wildman–Crippen MR) is 90.3 cm³/mol. The first-order valence-electron chi connectivity index (χ1n) is 7.75. The minimum Gasteiger partial charge on any atom is -0.497 e. The van der Waals surface area contributed by atoms with Crippen LogP contribution in [0, 0.1) is 0 Å². The Balaban J connectivity index is 2.26. The summed E-state index contributed by atoms with van der Waals surface area (Å²) < 4.78 is 15.7. The van der Waals surface area contributed by atoms with Gasteiger partial charge in [0, 0.05) is 0 Å². The molecule has 2 amide bonds. The van der Waals surface area contributed by atoms with E-state index < -0.39 is 17.7 Å². The fourth-order valence-electron chi connectivity index (χ4n) is 1.72. The molecule has 134 valence electrons. The first-order valence-corrected chi connectivity index (χ1v) is 7.75. The number of methoxy groups -OCH3 is 1. The lowest BCUT2D eigenvalue weighted by atomic mass is 10.2. The third-order valence-electron chi connectivity index (χ3n) is 2.86. The van der Waals surface area contributed by atoms with Gasteiger partial charge in [-0.05, 0) is 52.0 Å². The van der Waals surface area contributed by atoms with Crippen LogP contribution in [-0.4, -0.2) is 43.9 Å². The first-order chi connectivity index (χ1) is 11.2. The van der Waals surface area contributed by atoms with E-state index in [1.54, 1.807) is 59.1 Å². The summed E-state index contributed by atoms with van der Waals surface area (Å²) in [6, 6.07) is 6.46. The summed E-state index contributed by atoms with van der Waals surface area (Å²) >= 11 is 0. The molecule has 0 aliphatic heterocycles. The summed E-state index contributed by atoms with van der Waals surface area (Å²) in [5.41, 5.74) is -0.605. The van der Waals surface area contributed by atoms with Crippen molar-refractivity contribution in [2.24, 2.45) is 0 Å². The van der Waals surface area contributed by atoms with Crippen LogP contribution in [0.2, 0.25) is 0 Å². The van der Waals surface area contributed by atoms with Crippen molar-refractivity contribution in [3.05, 3.63) is 24.3 Å². The summed E-state index contributed by atoms with van der Waals surface area (Å²) in [5, 5.41) is 5.16. The molecule has 0 heterocycles. The smallest absolute Gasteiger partial charge is 0.408 e. The van der Waals surface area contributed by atoms with Gasteiger partial charge in [-0.1, -0.05) is 0 Å². The lowest BCUT2D eigenvalue weighted by Gasteiger charge is -2.21. The number of hydrogen-bond acceptors (Lipinski definition) is 5. The maximum atomic E-state index is 11.9. The van der Waals surface area contributed by atoms with Crippen LogP contribution >= 0.6 is 0 Å². The largest absolute Gasteiger partial charge is 0.497 e. The van der Waals surface area contributed by atoms with Gasteiger partial charge in [-0.3, -0.25) is 4.79 Å². The van der Waals surface area contributed by atoms with E-state index in [9.17, 15) is 9.59 Å². The van der Waals surface area contributed by atoms with Crippen molar-refractivity contribution in [1.29, 1.82) is 0 Å². The van der Waals surface area contributed by atoms with Crippen LogP contribution in [0.25, 0.3) is 0 Å². The van der Waals surface area contributed by atoms with Gasteiger partial charge in [0.2, 0.25) is 5.91 Å². The van der Waals surface area contributed by atoms with E-state index in [0.717, 1.165) is 5.75 Å². The van der Waals surface area contributed by atoms with Crippen molar-refractivity contribution in [2.45, 2.75) is 39.3 Å². The molecule has 1 rings (SSSR count). The first kappa shape index (κ1) is 19.6. The van der Waals surface area contributed by atoms with Crippen LogP contribution < -0.4 is 20.1 Å². The standard InChI is InChI=1S/C17H26N2O5/c1-12(19-16(21)24-17(2,3)4)15(20)18-10-11-23-14-8-6-13(22-5)7-9-14/h6-9,12H,10-11H2,1-5H3,(H,18,20)(H,19,21). The van der Waals surface area contributed by atoms with Gasteiger partial charge >= 0.3 is 6.09 Å². The van der Waals surface area contributed by atoms with Gasteiger partial charge in [-0.25, -0.2) is 4.79 Å². The van der Waals surface area contributed by atoms with Crippen molar-refractivity contribution in [3.8, 4) is 11.5 Å². The predicted octanol–water partition coefficient (Wildman–Crippen LogP) is 2.10. The lowest BCUT2D eigenvalue weighted by molar-refractivity contribution is -0.122.